The van der Waals surface area contributed by atoms with E-state index in [0.29, 0.717) is 5.13 Å². The first kappa shape index (κ1) is 14.4. The summed E-state index contributed by atoms with van der Waals surface area (Å²) in [5.41, 5.74) is 9.44. The van der Waals surface area contributed by atoms with E-state index >= 15 is 0 Å². The van der Waals surface area contributed by atoms with Gasteiger partial charge in [0.15, 0.2) is 5.13 Å². The van der Waals surface area contributed by atoms with E-state index in [-0.39, 0.29) is 0 Å². The Morgan fingerprint density at radius 1 is 0.955 bits per heavy atom. The van der Waals surface area contributed by atoms with Crippen molar-refractivity contribution in [3.05, 3.63) is 47.8 Å². The molecule has 112 valence electrons. The lowest BCUT2D eigenvalue weighted by atomic mass is 10.0. The van der Waals surface area contributed by atoms with Crippen LogP contribution in [0, 0.1) is 0 Å². The van der Waals surface area contributed by atoms with Gasteiger partial charge in [0.25, 0.3) is 0 Å². The van der Waals surface area contributed by atoms with Gasteiger partial charge in [-0.25, -0.2) is 4.98 Å². The van der Waals surface area contributed by atoms with E-state index in [1.165, 1.54) is 11.3 Å². The van der Waals surface area contributed by atoms with Gasteiger partial charge in [0, 0.05) is 16.5 Å². The lowest BCUT2D eigenvalue weighted by Gasteiger charge is -2.14. The van der Waals surface area contributed by atoms with E-state index in [1.807, 2.05) is 47.8 Å². The van der Waals surface area contributed by atoms with E-state index < -0.39 is 0 Å². The molecule has 0 amide bonds. The molecule has 0 unspecified atom stereocenters. The highest BCUT2D eigenvalue weighted by Gasteiger charge is 2.15. The smallest absolute Gasteiger partial charge is 0.180 e. The number of nitrogens with two attached hydrogens (primary N) is 1. The summed E-state index contributed by atoms with van der Waals surface area (Å²) in [6.07, 6.45) is 0. The summed E-state index contributed by atoms with van der Waals surface area (Å²) in [5, 5.41) is 2.44. The van der Waals surface area contributed by atoms with Crippen molar-refractivity contribution in [1.82, 2.24) is 4.98 Å². The van der Waals surface area contributed by atoms with Crippen LogP contribution in [0.5, 0.6) is 11.5 Å². The summed E-state index contributed by atoms with van der Waals surface area (Å²) >= 11 is 1.40. The molecule has 0 radical (unpaired) electrons. The highest BCUT2D eigenvalue weighted by molar-refractivity contribution is 7.13. The summed E-state index contributed by atoms with van der Waals surface area (Å²) in [5.74, 6) is 1.51. The SMILES string of the molecule is COc1cc(-c2csc(N)n2)c(OC)cc1-c1ccccc1. The molecule has 0 aliphatic heterocycles. The number of nitrogens with zero attached hydrogens (tertiary/aromatic N) is 1. The average molecular weight is 312 g/mol. The van der Waals surface area contributed by atoms with Crippen LogP contribution in [0.1, 0.15) is 0 Å². The molecule has 0 bridgehead atoms. The molecule has 0 aliphatic rings. The van der Waals surface area contributed by atoms with Crippen molar-refractivity contribution in [2.75, 3.05) is 20.0 Å². The summed E-state index contributed by atoms with van der Waals surface area (Å²) in [7, 11) is 3.31. The minimum Gasteiger partial charge on any atom is -0.496 e. The van der Waals surface area contributed by atoms with Crippen LogP contribution in [0.3, 0.4) is 0 Å². The highest BCUT2D eigenvalue weighted by Crippen LogP contribution is 2.41. The Morgan fingerprint density at radius 3 is 2.18 bits per heavy atom. The quantitative estimate of drug-likeness (QED) is 0.788. The zero-order valence-corrected chi connectivity index (χ0v) is 13.2. The van der Waals surface area contributed by atoms with Crippen molar-refractivity contribution in [2.45, 2.75) is 0 Å². The zero-order valence-electron chi connectivity index (χ0n) is 12.4. The second kappa shape index (κ2) is 6.07. The molecule has 3 aromatic rings. The third-order valence-corrected chi connectivity index (χ3v) is 4.08. The summed E-state index contributed by atoms with van der Waals surface area (Å²) in [4.78, 5) is 4.33. The molecular weight excluding hydrogens is 296 g/mol. The maximum absolute atomic E-state index is 5.73. The fourth-order valence-electron chi connectivity index (χ4n) is 2.35. The molecule has 0 saturated heterocycles. The Kier molecular flexibility index (Phi) is 3.98. The van der Waals surface area contributed by atoms with Crippen molar-refractivity contribution in [3.63, 3.8) is 0 Å². The largest absolute Gasteiger partial charge is 0.496 e. The van der Waals surface area contributed by atoms with E-state index in [0.717, 1.165) is 33.9 Å². The number of hydrogen-bond donors (Lipinski definition) is 1. The Balaban J connectivity index is 2.18. The van der Waals surface area contributed by atoms with Gasteiger partial charge >= 0.3 is 0 Å². The summed E-state index contributed by atoms with van der Waals surface area (Å²) < 4.78 is 11.1. The van der Waals surface area contributed by atoms with Gasteiger partial charge < -0.3 is 15.2 Å². The van der Waals surface area contributed by atoms with Crippen molar-refractivity contribution in [1.29, 1.82) is 0 Å². The van der Waals surface area contributed by atoms with Gasteiger partial charge in [-0.3, -0.25) is 0 Å². The molecule has 5 heteroatoms. The van der Waals surface area contributed by atoms with Gasteiger partial charge in [0.2, 0.25) is 0 Å². The molecule has 0 aliphatic carbocycles. The van der Waals surface area contributed by atoms with Crippen LogP contribution in [-0.4, -0.2) is 19.2 Å². The van der Waals surface area contributed by atoms with Crippen LogP contribution < -0.4 is 15.2 Å². The predicted molar refractivity (Wildman–Crippen MR) is 90.5 cm³/mol. The number of ether oxygens (including phenoxy) is 2. The Labute approximate surface area is 133 Å². The lowest BCUT2D eigenvalue weighted by molar-refractivity contribution is 0.406. The minimum atomic E-state index is 0.531. The summed E-state index contributed by atoms with van der Waals surface area (Å²) in [6.45, 7) is 0. The maximum atomic E-state index is 5.73. The predicted octanol–water partition coefficient (Wildman–Crippen LogP) is 4.08. The minimum absolute atomic E-state index is 0.531. The molecule has 1 heterocycles. The molecule has 1 aromatic heterocycles. The lowest BCUT2D eigenvalue weighted by Crippen LogP contribution is -1.94. The molecule has 2 aromatic carbocycles. The van der Waals surface area contributed by atoms with Crippen molar-refractivity contribution in [3.8, 4) is 33.9 Å². The number of aromatic nitrogens is 1. The first-order valence-corrected chi connectivity index (χ1v) is 7.63. The molecular formula is C17H16N2O2S. The normalized spacial score (nSPS) is 10.5. The van der Waals surface area contributed by atoms with Gasteiger partial charge in [0.05, 0.1) is 19.9 Å². The first-order valence-electron chi connectivity index (χ1n) is 6.75. The number of thiazole rings is 1. The summed E-state index contributed by atoms with van der Waals surface area (Å²) in [6, 6.07) is 14.0. The number of rotatable bonds is 4. The van der Waals surface area contributed by atoms with Crippen LogP contribution in [0.25, 0.3) is 22.4 Å². The molecule has 3 rings (SSSR count). The molecule has 0 saturated carbocycles. The first-order chi connectivity index (χ1) is 10.7. The maximum Gasteiger partial charge on any atom is 0.180 e. The number of methoxy groups -OCH3 is 2. The number of anilines is 1. The number of nitrogen functional groups attached to an aromatic ring is 1. The molecule has 0 atom stereocenters. The average Bonchev–Trinajstić information content (AvgIpc) is 3.00. The zero-order chi connectivity index (χ0) is 15.5. The molecule has 22 heavy (non-hydrogen) atoms. The Hall–Kier alpha value is -2.53. The van der Waals surface area contributed by atoms with Crippen molar-refractivity contribution < 1.29 is 9.47 Å². The second-order valence-electron chi connectivity index (χ2n) is 4.69. The van der Waals surface area contributed by atoms with Crippen molar-refractivity contribution in [2.24, 2.45) is 0 Å². The van der Waals surface area contributed by atoms with Gasteiger partial charge in [-0.2, -0.15) is 0 Å². The van der Waals surface area contributed by atoms with E-state index in [4.69, 9.17) is 15.2 Å². The second-order valence-corrected chi connectivity index (χ2v) is 5.58. The fraction of sp³-hybridized carbons (Fsp3) is 0.118. The topological polar surface area (TPSA) is 57.4 Å². The monoisotopic (exact) mass is 312 g/mol. The Bertz CT molecular complexity index is 785. The Morgan fingerprint density at radius 2 is 1.59 bits per heavy atom. The number of hydrogen-bond acceptors (Lipinski definition) is 5. The van der Waals surface area contributed by atoms with Crippen LogP contribution in [-0.2, 0) is 0 Å². The molecule has 2 N–H and O–H groups in total. The third kappa shape index (κ3) is 2.63. The van der Waals surface area contributed by atoms with Crippen LogP contribution in [0.2, 0.25) is 0 Å². The van der Waals surface area contributed by atoms with E-state index in [1.54, 1.807) is 14.2 Å². The van der Waals surface area contributed by atoms with E-state index in [2.05, 4.69) is 4.98 Å². The van der Waals surface area contributed by atoms with Gasteiger partial charge in [0.1, 0.15) is 11.5 Å². The van der Waals surface area contributed by atoms with Gasteiger partial charge in [-0.1, -0.05) is 30.3 Å². The molecule has 4 nitrogen and oxygen atoms in total. The molecule has 0 fully saturated rings. The van der Waals surface area contributed by atoms with Crippen LogP contribution in [0.4, 0.5) is 5.13 Å². The standard InChI is InChI=1S/C17H16N2O2S/c1-20-15-9-13(14-10-22-17(18)19-14)16(21-2)8-12(15)11-6-4-3-5-7-11/h3-10H,1-2H3,(H2,18,19). The van der Waals surface area contributed by atoms with Gasteiger partial charge in [-0.15, -0.1) is 11.3 Å². The molecule has 0 spiro atoms. The van der Waals surface area contributed by atoms with Crippen molar-refractivity contribution >= 4 is 16.5 Å². The van der Waals surface area contributed by atoms with Crippen LogP contribution >= 0.6 is 11.3 Å². The van der Waals surface area contributed by atoms with E-state index in [9.17, 15) is 0 Å². The fourth-order valence-corrected chi connectivity index (χ4v) is 2.92. The van der Waals surface area contributed by atoms with Gasteiger partial charge in [-0.05, 0) is 17.7 Å². The third-order valence-electron chi connectivity index (χ3n) is 3.40. The van der Waals surface area contributed by atoms with Crippen LogP contribution in [0.15, 0.2) is 47.8 Å². The number of benzene rings is 2. The highest BCUT2D eigenvalue weighted by atomic mass is 32.1.